The second kappa shape index (κ2) is 6.26. The molecule has 0 spiro atoms. The number of amides is 2. The van der Waals surface area contributed by atoms with Crippen LogP contribution in [0.2, 0.25) is 0 Å². The number of halogens is 1. The Balaban J connectivity index is 1.79. The predicted molar refractivity (Wildman–Crippen MR) is 92.1 cm³/mol. The van der Waals surface area contributed by atoms with E-state index in [9.17, 15) is 9.59 Å². The Morgan fingerprint density at radius 1 is 1.05 bits per heavy atom. The molecule has 0 saturated carbocycles. The Morgan fingerprint density at radius 2 is 1.68 bits per heavy atom. The fraction of sp³-hybridized carbons (Fsp3) is 0.176. The van der Waals surface area contributed by atoms with Gasteiger partial charge in [0.2, 0.25) is 11.8 Å². The first kappa shape index (κ1) is 15.3. The van der Waals surface area contributed by atoms with Gasteiger partial charge in [0.1, 0.15) is 0 Å². The van der Waals surface area contributed by atoms with Crippen molar-refractivity contribution in [2.75, 3.05) is 4.90 Å². The molecule has 0 N–H and O–H groups in total. The lowest BCUT2D eigenvalue weighted by Gasteiger charge is -2.15. The van der Waals surface area contributed by atoms with Crippen LogP contribution in [0.3, 0.4) is 0 Å². The quantitative estimate of drug-likeness (QED) is 0.755. The van der Waals surface area contributed by atoms with Crippen LogP contribution in [0.4, 0.5) is 5.69 Å². The second-order valence-electron chi connectivity index (χ2n) is 5.17. The summed E-state index contributed by atoms with van der Waals surface area (Å²) in [6, 6.07) is 15.2. The number of anilines is 1. The summed E-state index contributed by atoms with van der Waals surface area (Å²) in [6.07, 6.45) is 0.243. The highest BCUT2D eigenvalue weighted by molar-refractivity contribution is 9.10. The Labute approximate surface area is 141 Å². The number of thioether (sulfide) groups is 1. The van der Waals surface area contributed by atoms with Gasteiger partial charge < -0.3 is 0 Å². The summed E-state index contributed by atoms with van der Waals surface area (Å²) in [4.78, 5) is 27.0. The smallest absolute Gasteiger partial charge is 0.247 e. The van der Waals surface area contributed by atoms with E-state index in [4.69, 9.17) is 0 Å². The summed E-state index contributed by atoms with van der Waals surface area (Å²) in [7, 11) is 0. The lowest BCUT2D eigenvalue weighted by molar-refractivity contribution is -0.121. The van der Waals surface area contributed by atoms with Crippen LogP contribution in [-0.4, -0.2) is 17.1 Å². The second-order valence-corrected chi connectivity index (χ2v) is 7.36. The fourth-order valence-corrected chi connectivity index (χ4v) is 3.66. The zero-order valence-electron chi connectivity index (χ0n) is 12.0. The summed E-state index contributed by atoms with van der Waals surface area (Å²) in [5.74, 6) is -0.283. The highest BCUT2D eigenvalue weighted by Gasteiger charge is 2.40. The molecule has 0 bridgehead atoms. The molecule has 0 aliphatic carbocycles. The molecule has 1 saturated heterocycles. The maximum Gasteiger partial charge on any atom is 0.247 e. The largest absolute Gasteiger partial charge is 0.274 e. The monoisotopic (exact) mass is 375 g/mol. The number of carbonyl (C=O) groups excluding carboxylic acids is 2. The van der Waals surface area contributed by atoms with Crippen LogP contribution in [-0.2, 0) is 9.59 Å². The number of hydrogen-bond acceptors (Lipinski definition) is 3. The standard InChI is InChI=1S/C17H14BrNO2S/c1-11-2-8-14(9-3-11)22-15-10-16(20)19(17(15)21)13-6-4-12(18)5-7-13/h2-9,15H,10H2,1H3/t15-/m1/s1. The predicted octanol–water partition coefficient (Wildman–Crippen LogP) is 4.18. The summed E-state index contributed by atoms with van der Waals surface area (Å²) < 4.78 is 0.918. The van der Waals surface area contributed by atoms with Gasteiger partial charge in [0.05, 0.1) is 10.9 Å². The molecule has 2 aromatic rings. The molecule has 1 fully saturated rings. The molecule has 3 nitrogen and oxygen atoms in total. The first-order chi connectivity index (χ1) is 10.5. The molecule has 2 amide bonds. The normalized spacial score (nSPS) is 18.1. The lowest BCUT2D eigenvalue weighted by Crippen LogP contribution is -2.31. The van der Waals surface area contributed by atoms with E-state index in [2.05, 4.69) is 15.9 Å². The maximum absolute atomic E-state index is 12.5. The molecule has 3 rings (SSSR count). The van der Waals surface area contributed by atoms with Gasteiger partial charge in [0, 0.05) is 15.8 Å². The van der Waals surface area contributed by atoms with Crippen LogP contribution in [0.25, 0.3) is 0 Å². The molecule has 0 aromatic heterocycles. The van der Waals surface area contributed by atoms with E-state index in [1.54, 1.807) is 12.1 Å². The van der Waals surface area contributed by atoms with Gasteiger partial charge >= 0.3 is 0 Å². The molecular formula is C17H14BrNO2S. The van der Waals surface area contributed by atoms with Crippen LogP contribution in [0.5, 0.6) is 0 Å². The van der Waals surface area contributed by atoms with Crippen molar-refractivity contribution in [3.8, 4) is 0 Å². The molecule has 1 aliphatic rings. The zero-order valence-corrected chi connectivity index (χ0v) is 14.4. The number of carbonyl (C=O) groups is 2. The topological polar surface area (TPSA) is 37.4 Å². The first-order valence-corrected chi connectivity index (χ1v) is 8.57. The summed E-state index contributed by atoms with van der Waals surface area (Å²) in [5, 5.41) is -0.348. The molecular weight excluding hydrogens is 362 g/mol. The minimum atomic E-state index is -0.348. The maximum atomic E-state index is 12.5. The van der Waals surface area contributed by atoms with Crippen molar-refractivity contribution in [1.29, 1.82) is 0 Å². The van der Waals surface area contributed by atoms with E-state index >= 15 is 0 Å². The summed E-state index contributed by atoms with van der Waals surface area (Å²) in [6.45, 7) is 2.02. The molecule has 2 aromatic carbocycles. The average Bonchev–Trinajstić information content (AvgIpc) is 2.77. The van der Waals surface area contributed by atoms with Crippen LogP contribution in [0, 0.1) is 6.92 Å². The minimum Gasteiger partial charge on any atom is -0.274 e. The molecule has 0 unspecified atom stereocenters. The molecule has 1 atom stereocenters. The molecule has 1 aliphatic heterocycles. The van der Waals surface area contributed by atoms with Crippen LogP contribution < -0.4 is 4.90 Å². The number of rotatable bonds is 3. The van der Waals surface area contributed by atoms with Gasteiger partial charge in [-0.3, -0.25) is 9.59 Å². The lowest BCUT2D eigenvalue weighted by atomic mass is 10.2. The number of benzene rings is 2. The highest BCUT2D eigenvalue weighted by atomic mass is 79.9. The highest BCUT2D eigenvalue weighted by Crippen LogP contribution is 2.34. The summed E-state index contributed by atoms with van der Waals surface area (Å²) >= 11 is 4.81. The van der Waals surface area contributed by atoms with Crippen molar-refractivity contribution in [1.82, 2.24) is 0 Å². The number of aryl methyl sites for hydroxylation is 1. The average molecular weight is 376 g/mol. The van der Waals surface area contributed by atoms with Crippen LogP contribution >= 0.6 is 27.7 Å². The van der Waals surface area contributed by atoms with Gasteiger partial charge in [-0.2, -0.15) is 0 Å². The SMILES string of the molecule is Cc1ccc(S[C@@H]2CC(=O)N(c3ccc(Br)cc3)C2=O)cc1. The Morgan fingerprint density at radius 3 is 2.32 bits per heavy atom. The van der Waals surface area contributed by atoms with Gasteiger partial charge in [0.25, 0.3) is 0 Å². The minimum absolute atomic E-state index is 0.141. The van der Waals surface area contributed by atoms with E-state index in [1.165, 1.54) is 22.2 Å². The molecule has 0 radical (unpaired) electrons. The van der Waals surface area contributed by atoms with Crippen molar-refractivity contribution in [3.05, 3.63) is 58.6 Å². The van der Waals surface area contributed by atoms with Crippen molar-refractivity contribution in [3.63, 3.8) is 0 Å². The van der Waals surface area contributed by atoms with E-state index in [-0.39, 0.29) is 23.5 Å². The third-order valence-electron chi connectivity index (χ3n) is 3.49. The number of hydrogen-bond donors (Lipinski definition) is 0. The van der Waals surface area contributed by atoms with Crippen molar-refractivity contribution in [2.24, 2.45) is 0 Å². The first-order valence-electron chi connectivity index (χ1n) is 6.90. The molecule has 112 valence electrons. The van der Waals surface area contributed by atoms with Crippen molar-refractivity contribution >= 4 is 45.2 Å². The van der Waals surface area contributed by atoms with Crippen molar-refractivity contribution in [2.45, 2.75) is 23.5 Å². The Hall–Kier alpha value is -1.59. The van der Waals surface area contributed by atoms with E-state index < -0.39 is 0 Å². The van der Waals surface area contributed by atoms with E-state index in [0.29, 0.717) is 5.69 Å². The van der Waals surface area contributed by atoms with E-state index in [1.807, 2.05) is 43.3 Å². The Bertz CT molecular complexity index is 712. The van der Waals surface area contributed by atoms with E-state index in [0.717, 1.165) is 9.37 Å². The van der Waals surface area contributed by atoms with Gasteiger partial charge in [-0.25, -0.2) is 4.90 Å². The van der Waals surface area contributed by atoms with Gasteiger partial charge in [-0.1, -0.05) is 33.6 Å². The van der Waals surface area contributed by atoms with Gasteiger partial charge in [-0.15, -0.1) is 11.8 Å². The fourth-order valence-electron chi connectivity index (χ4n) is 2.34. The molecule has 5 heteroatoms. The number of nitrogens with zero attached hydrogens (tertiary/aromatic N) is 1. The molecule has 22 heavy (non-hydrogen) atoms. The van der Waals surface area contributed by atoms with Crippen molar-refractivity contribution < 1.29 is 9.59 Å². The van der Waals surface area contributed by atoms with Gasteiger partial charge in [-0.05, 0) is 43.3 Å². The summed E-state index contributed by atoms with van der Waals surface area (Å²) in [5.41, 5.74) is 1.81. The van der Waals surface area contributed by atoms with Crippen LogP contribution in [0.15, 0.2) is 57.9 Å². The third-order valence-corrected chi connectivity index (χ3v) is 5.22. The Kier molecular flexibility index (Phi) is 4.36. The molecule has 1 heterocycles. The zero-order chi connectivity index (χ0) is 15.7. The van der Waals surface area contributed by atoms with Gasteiger partial charge in [0.15, 0.2) is 0 Å². The van der Waals surface area contributed by atoms with Crippen LogP contribution in [0.1, 0.15) is 12.0 Å². The third kappa shape index (κ3) is 3.10. The number of imide groups is 1.